The lowest BCUT2D eigenvalue weighted by Crippen LogP contribution is -2.35. The highest BCUT2D eigenvalue weighted by Gasteiger charge is 2.15. The van der Waals surface area contributed by atoms with Gasteiger partial charge in [0, 0.05) is 13.1 Å². The van der Waals surface area contributed by atoms with Crippen molar-refractivity contribution in [2.24, 2.45) is 5.92 Å². The van der Waals surface area contributed by atoms with Gasteiger partial charge in [0.05, 0.1) is 0 Å². The first-order valence-corrected chi connectivity index (χ1v) is 6.16. The molecule has 1 aliphatic rings. The minimum absolute atomic E-state index is 0.732. The predicted molar refractivity (Wildman–Crippen MR) is 66.6 cm³/mol. The number of rotatable bonds is 3. The van der Waals surface area contributed by atoms with Crippen molar-refractivity contribution in [3.8, 4) is 5.75 Å². The van der Waals surface area contributed by atoms with Gasteiger partial charge in [0.2, 0.25) is 0 Å². The van der Waals surface area contributed by atoms with E-state index in [1.165, 1.54) is 31.5 Å². The molecule has 0 bridgehead atoms. The van der Waals surface area contributed by atoms with E-state index in [9.17, 15) is 0 Å². The maximum Gasteiger partial charge on any atom is 0.142 e. The number of benzene rings is 1. The van der Waals surface area contributed by atoms with E-state index in [2.05, 4.69) is 30.9 Å². The summed E-state index contributed by atoms with van der Waals surface area (Å²) in [4.78, 5) is 2.39. The summed E-state index contributed by atoms with van der Waals surface area (Å²) < 4.78 is 5.76. The molecule has 1 aliphatic heterocycles. The Morgan fingerprint density at radius 1 is 1.19 bits per heavy atom. The topological polar surface area (TPSA) is 12.5 Å². The Morgan fingerprint density at radius 3 is 2.44 bits per heavy atom. The van der Waals surface area contributed by atoms with Crippen LogP contribution in [-0.4, -0.2) is 24.7 Å². The van der Waals surface area contributed by atoms with Crippen LogP contribution in [0.4, 0.5) is 0 Å². The summed E-state index contributed by atoms with van der Waals surface area (Å²) >= 11 is 0. The Morgan fingerprint density at radius 2 is 1.81 bits per heavy atom. The van der Waals surface area contributed by atoms with Crippen molar-refractivity contribution in [2.75, 3.05) is 19.8 Å². The Hall–Kier alpha value is -1.02. The number of ether oxygens (including phenoxy) is 1. The zero-order valence-corrected chi connectivity index (χ0v) is 10.3. The van der Waals surface area contributed by atoms with Crippen LogP contribution in [0.5, 0.6) is 5.75 Å². The molecule has 1 aromatic rings. The molecule has 0 unspecified atom stereocenters. The summed E-state index contributed by atoms with van der Waals surface area (Å²) in [5.74, 6) is 1.86. The molecule has 0 aromatic heterocycles. The maximum absolute atomic E-state index is 5.76. The van der Waals surface area contributed by atoms with Gasteiger partial charge in [-0.3, -0.25) is 4.90 Å². The highest BCUT2D eigenvalue weighted by Crippen LogP contribution is 2.17. The number of aryl methyl sites for hydroxylation is 1. The van der Waals surface area contributed by atoms with Crippen molar-refractivity contribution in [1.29, 1.82) is 0 Å². The maximum atomic E-state index is 5.76. The second-order valence-corrected chi connectivity index (χ2v) is 4.89. The lowest BCUT2D eigenvalue weighted by Gasteiger charge is -2.29. The van der Waals surface area contributed by atoms with Gasteiger partial charge < -0.3 is 4.74 Å². The monoisotopic (exact) mass is 219 g/mol. The molecule has 1 aromatic carbocycles. The number of piperidine rings is 1. The molecule has 0 radical (unpaired) electrons. The van der Waals surface area contributed by atoms with Crippen molar-refractivity contribution >= 4 is 0 Å². The molecule has 0 aliphatic carbocycles. The summed E-state index contributed by atoms with van der Waals surface area (Å²) in [7, 11) is 0. The zero-order chi connectivity index (χ0) is 11.4. The van der Waals surface area contributed by atoms with E-state index < -0.39 is 0 Å². The second kappa shape index (κ2) is 5.35. The third-order valence-electron chi connectivity index (χ3n) is 3.31. The first-order valence-electron chi connectivity index (χ1n) is 6.16. The van der Waals surface area contributed by atoms with Gasteiger partial charge in [-0.25, -0.2) is 0 Å². The Bertz CT molecular complexity index is 312. The largest absolute Gasteiger partial charge is 0.478 e. The minimum Gasteiger partial charge on any atom is -0.478 e. The lowest BCUT2D eigenvalue weighted by molar-refractivity contribution is 0.0914. The SMILES string of the molecule is Cc1ccc(OCN2CCC(C)CC2)cc1. The van der Waals surface area contributed by atoms with Crippen molar-refractivity contribution in [1.82, 2.24) is 4.90 Å². The molecule has 0 N–H and O–H groups in total. The molecular weight excluding hydrogens is 198 g/mol. The van der Waals surface area contributed by atoms with Gasteiger partial charge in [-0.15, -0.1) is 0 Å². The van der Waals surface area contributed by atoms with Crippen LogP contribution >= 0.6 is 0 Å². The highest BCUT2D eigenvalue weighted by atomic mass is 16.5. The van der Waals surface area contributed by atoms with Gasteiger partial charge in [0.15, 0.2) is 0 Å². The number of hydrogen-bond donors (Lipinski definition) is 0. The highest BCUT2D eigenvalue weighted by molar-refractivity contribution is 5.26. The van der Waals surface area contributed by atoms with Crippen LogP contribution in [0.1, 0.15) is 25.3 Å². The van der Waals surface area contributed by atoms with Crippen LogP contribution in [0.25, 0.3) is 0 Å². The van der Waals surface area contributed by atoms with Crippen LogP contribution < -0.4 is 4.74 Å². The van der Waals surface area contributed by atoms with Crippen molar-refractivity contribution < 1.29 is 4.74 Å². The van der Waals surface area contributed by atoms with Crippen LogP contribution in [-0.2, 0) is 0 Å². The first-order chi connectivity index (χ1) is 7.74. The van der Waals surface area contributed by atoms with Gasteiger partial charge in [-0.1, -0.05) is 24.6 Å². The van der Waals surface area contributed by atoms with E-state index in [0.29, 0.717) is 0 Å². The molecule has 1 heterocycles. The molecule has 0 atom stereocenters. The standard InChI is InChI=1S/C14H21NO/c1-12-3-5-14(6-4-12)16-11-15-9-7-13(2)8-10-15/h3-6,13H,7-11H2,1-2H3. The van der Waals surface area contributed by atoms with Gasteiger partial charge in [0.1, 0.15) is 12.5 Å². The summed E-state index contributed by atoms with van der Waals surface area (Å²) in [6.45, 7) is 7.50. The van der Waals surface area contributed by atoms with E-state index in [-0.39, 0.29) is 0 Å². The zero-order valence-electron chi connectivity index (χ0n) is 10.3. The fraction of sp³-hybridized carbons (Fsp3) is 0.571. The fourth-order valence-corrected chi connectivity index (χ4v) is 1.99. The fourth-order valence-electron chi connectivity index (χ4n) is 1.99. The molecule has 2 heteroatoms. The summed E-state index contributed by atoms with van der Waals surface area (Å²) in [5, 5.41) is 0. The predicted octanol–water partition coefficient (Wildman–Crippen LogP) is 3.06. The lowest BCUT2D eigenvalue weighted by atomic mass is 10.00. The molecule has 1 fully saturated rings. The minimum atomic E-state index is 0.732. The smallest absolute Gasteiger partial charge is 0.142 e. The van der Waals surface area contributed by atoms with Crippen LogP contribution in [0.3, 0.4) is 0 Å². The molecule has 2 rings (SSSR count). The molecular formula is C14H21NO. The average molecular weight is 219 g/mol. The Balaban J connectivity index is 1.77. The Labute approximate surface area is 98.2 Å². The number of hydrogen-bond acceptors (Lipinski definition) is 2. The van der Waals surface area contributed by atoms with Gasteiger partial charge in [0.25, 0.3) is 0 Å². The van der Waals surface area contributed by atoms with Crippen LogP contribution in [0.2, 0.25) is 0 Å². The summed E-state index contributed by atoms with van der Waals surface area (Å²) in [5.41, 5.74) is 1.28. The van der Waals surface area contributed by atoms with Crippen molar-refractivity contribution in [2.45, 2.75) is 26.7 Å². The molecule has 16 heavy (non-hydrogen) atoms. The van der Waals surface area contributed by atoms with E-state index in [1.807, 2.05) is 12.1 Å². The van der Waals surface area contributed by atoms with E-state index in [0.717, 1.165) is 18.4 Å². The average Bonchev–Trinajstić information content (AvgIpc) is 2.30. The van der Waals surface area contributed by atoms with E-state index in [1.54, 1.807) is 0 Å². The number of likely N-dealkylation sites (tertiary alicyclic amines) is 1. The third kappa shape index (κ3) is 3.24. The van der Waals surface area contributed by atoms with Crippen LogP contribution in [0, 0.1) is 12.8 Å². The van der Waals surface area contributed by atoms with Gasteiger partial charge in [-0.2, -0.15) is 0 Å². The summed E-state index contributed by atoms with van der Waals surface area (Å²) in [6.07, 6.45) is 2.61. The van der Waals surface area contributed by atoms with Gasteiger partial charge in [-0.05, 0) is 37.8 Å². The van der Waals surface area contributed by atoms with Crippen LogP contribution in [0.15, 0.2) is 24.3 Å². The molecule has 88 valence electrons. The molecule has 0 spiro atoms. The molecule has 2 nitrogen and oxygen atoms in total. The second-order valence-electron chi connectivity index (χ2n) is 4.89. The van der Waals surface area contributed by atoms with Gasteiger partial charge >= 0.3 is 0 Å². The Kier molecular flexibility index (Phi) is 3.83. The van der Waals surface area contributed by atoms with Crippen molar-refractivity contribution in [3.05, 3.63) is 29.8 Å². The first kappa shape index (κ1) is 11.5. The number of nitrogens with zero attached hydrogens (tertiary/aromatic N) is 1. The van der Waals surface area contributed by atoms with E-state index in [4.69, 9.17) is 4.74 Å². The normalized spacial score (nSPS) is 18.6. The van der Waals surface area contributed by atoms with Crippen molar-refractivity contribution in [3.63, 3.8) is 0 Å². The van der Waals surface area contributed by atoms with E-state index >= 15 is 0 Å². The molecule has 0 saturated carbocycles. The quantitative estimate of drug-likeness (QED) is 0.774. The molecule has 0 amide bonds. The molecule has 1 saturated heterocycles. The summed E-state index contributed by atoms with van der Waals surface area (Å²) in [6, 6.07) is 8.27. The third-order valence-corrected chi connectivity index (χ3v) is 3.31.